The van der Waals surface area contributed by atoms with Crippen molar-refractivity contribution >= 4 is 27.5 Å². The van der Waals surface area contributed by atoms with Crippen molar-refractivity contribution < 1.29 is 17.9 Å². The summed E-state index contributed by atoms with van der Waals surface area (Å²) in [7, 11) is -2.53. The van der Waals surface area contributed by atoms with Gasteiger partial charge in [0.15, 0.2) is 5.03 Å². The first-order chi connectivity index (χ1) is 13.3. The zero-order chi connectivity index (χ0) is 20.3. The number of para-hydroxylation sites is 1. The van der Waals surface area contributed by atoms with Crippen LogP contribution in [0.1, 0.15) is 11.4 Å². The van der Waals surface area contributed by atoms with Gasteiger partial charge < -0.3 is 10.1 Å². The summed E-state index contributed by atoms with van der Waals surface area (Å²) in [5, 5.41) is 6.81. The molecule has 0 atom stereocenters. The van der Waals surface area contributed by atoms with Crippen molar-refractivity contribution in [3.8, 4) is 5.69 Å². The SMILES string of the molecule is CNC(=O)OCc1cc(S(=O)(=O)c2ccc(C)nc2)n(-c2ccccc2Cl)n1. The predicted molar refractivity (Wildman–Crippen MR) is 102 cm³/mol. The zero-order valence-corrected chi connectivity index (χ0v) is 16.7. The summed E-state index contributed by atoms with van der Waals surface area (Å²) in [6.45, 7) is 1.56. The minimum Gasteiger partial charge on any atom is -0.443 e. The molecule has 2 heterocycles. The Labute approximate surface area is 167 Å². The lowest BCUT2D eigenvalue weighted by atomic mass is 10.3. The number of benzene rings is 1. The van der Waals surface area contributed by atoms with Crippen molar-refractivity contribution in [2.24, 2.45) is 0 Å². The quantitative estimate of drug-likeness (QED) is 0.680. The van der Waals surface area contributed by atoms with Gasteiger partial charge in [0.25, 0.3) is 0 Å². The third kappa shape index (κ3) is 4.00. The van der Waals surface area contributed by atoms with Gasteiger partial charge in [-0.05, 0) is 31.2 Å². The van der Waals surface area contributed by atoms with E-state index in [-0.39, 0.29) is 22.2 Å². The Balaban J connectivity index is 2.12. The Morgan fingerprint density at radius 1 is 1.25 bits per heavy atom. The number of aromatic nitrogens is 3. The van der Waals surface area contributed by atoms with Crippen LogP contribution in [0.5, 0.6) is 0 Å². The number of nitrogens with one attached hydrogen (secondary N) is 1. The van der Waals surface area contributed by atoms with Crippen molar-refractivity contribution in [1.29, 1.82) is 0 Å². The molecule has 1 N–H and O–H groups in total. The number of alkyl carbamates (subject to hydrolysis) is 1. The number of rotatable bonds is 5. The summed E-state index contributed by atoms with van der Waals surface area (Å²) in [5.41, 5.74) is 1.33. The van der Waals surface area contributed by atoms with Crippen molar-refractivity contribution in [1.82, 2.24) is 20.1 Å². The maximum atomic E-state index is 13.2. The van der Waals surface area contributed by atoms with Gasteiger partial charge in [0.1, 0.15) is 12.3 Å². The summed E-state index contributed by atoms with van der Waals surface area (Å²) >= 11 is 6.24. The number of sulfone groups is 1. The molecule has 8 nitrogen and oxygen atoms in total. The molecule has 0 saturated carbocycles. The smallest absolute Gasteiger partial charge is 0.407 e. The van der Waals surface area contributed by atoms with Crippen LogP contribution in [0.15, 0.2) is 58.6 Å². The minimum absolute atomic E-state index is 0.0186. The van der Waals surface area contributed by atoms with Crippen molar-refractivity contribution in [3.05, 3.63) is 65.1 Å². The fourth-order valence-corrected chi connectivity index (χ4v) is 3.97. The molecule has 0 aliphatic heterocycles. The Bertz CT molecular complexity index is 1110. The van der Waals surface area contributed by atoms with Crippen LogP contribution in [0.3, 0.4) is 0 Å². The predicted octanol–water partition coefficient (Wildman–Crippen LogP) is 2.92. The van der Waals surface area contributed by atoms with Gasteiger partial charge in [-0.1, -0.05) is 23.7 Å². The number of hydrogen-bond acceptors (Lipinski definition) is 6. The van der Waals surface area contributed by atoms with Crippen LogP contribution in [0.2, 0.25) is 5.02 Å². The Morgan fingerprint density at radius 2 is 2.00 bits per heavy atom. The second-order valence-corrected chi connectivity index (χ2v) is 8.11. The Morgan fingerprint density at radius 3 is 2.64 bits per heavy atom. The van der Waals surface area contributed by atoms with Crippen LogP contribution in [-0.2, 0) is 21.2 Å². The van der Waals surface area contributed by atoms with Crippen LogP contribution >= 0.6 is 11.6 Å². The van der Waals surface area contributed by atoms with Gasteiger partial charge in [0, 0.05) is 25.0 Å². The molecule has 10 heteroatoms. The van der Waals surface area contributed by atoms with Gasteiger partial charge in [-0.3, -0.25) is 4.98 Å². The average molecular weight is 421 g/mol. The number of halogens is 1. The molecule has 3 rings (SSSR count). The van der Waals surface area contributed by atoms with Crippen LogP contribution in [0, 0.1) is 6.92 Å². The molecule has 2 aromatic heterocycles. The van der Waals surface area contributed by atoms with E-state index in [4.69, 9.17) is 16.3 Å². The molecular formula is C18H17ClN4O4S. The summed E-state index contributed by atoms with van der Waals surface area (Å²) < 4.78 is 32.6. The summed E-state index contributed by atoms with van der Waals surface area (Å²) in [6.07, 6.45) is 0.634. The molecule has 0 bridgehead atoms. The van der Waals surface area contributed by atoms with E-state index in [9.17, 15) is 13.2 Å². The van der Waals surface area contributed by atoms with Crippen LogP contribution in [0.4, 0.5) is 4.79 Å². The lowest BCUT2D eigenvalue weighted by Crippen LogP contribution is -2.19. The third-order valence-electron chi connectivity index (χ3n) is 3.83. The molecule has 3 aromatic rings. The van der Waals surface area contributed by atoms with E-state index in [0.29, 0.717) is 16.4 Å². The molecule has 0 fully saturated rings. The number of carbonyl (C=O) groups excluding carboxylic acids is 1. The molecule has 28 heavy (non-hydrogen) atoms. The highest BCUT2D eigenvalue weighted by Crippen LogP contribution is 2.27. The minimum atomic E-state index is -3.95. The molecule has 0 radical (unpaired) electrons. The second kappa shape index (κ2) is 7.99. The maximum Gasteiger partial charge on any atom is 0.407 e. The number of ether oxygens (including phenoxy) is 1. The molecule has 0 aliphatic carbocycles. The van der Waals surface area contributed by atoms with E-state index in [0.717, 1.165) is 0 Å². The largest absolute Gasteiger partial charge is 0.443 e. The van der Waals surface area contributed by atoms with E-state index in [1.54, 1.807) is 37.3 Å². The lowest BCUT2D eigenvalue weighted by Gasteiger charge is -2.10. The van der Waals surface area contributed by atoms with Crippen molar-refractivity contribution in [2.45, 2.75) is 23.5 Å². The molecule has 146 valence electrons. The van der Waals surface area contributed by atoms with E-state index >= 15 is 0 Å². The Kier molecular flexibility index (Phi) is 5.66. The van der Waals surface area contributed by atoms with Gasteiger partial charge in [-0.25, -0.2) is 17.9 Å². The fourth-order valence-electron chi connectivity index (χ4n) is 2.41. The highest BCUT2D eigenvalue weighted by Gasteiger charge is 2.26. The Hall–Kier alpha value is -2.91. The highest BCUT2D eigenvalue weighted by atomic mass is 35.5. The number of pyridine rings is 1. The van der Waals surface area contributed by atoms with Crippen molar-refractivity contribution in [3.63, 3.8) is 0 Å². The van der Waals surface area contributed by atoms with Crippen LogP contribution in [0.25, 0.3) is 5.69 Å². The van der Waals surface area contributed by atoms with E-state index in [1.807, 2.05) is 0 Å². The fraction of sp³-hybridized carbons (Fsp3) is 0.167. The molecule has 0 spiro atoms. The maximum absolute atomic E-state index is 13.2. The topological polar surface area (TPSA) is 103 Å². The number of nitrogens with zero attached hydrogens (tertiary/aromatic N) is 3. The number of carbonyl (C=O) groups is 1. The van der Waals surface area contributed by atoms with E-state index in [1.165, 1.54) is 30.1 Å². The number of amides is 1. The molecule has 0 saturated heterocycles. The lowest BCUT2D eigenvalue weighted by molar-refractivity contribution is 0.140. The normalized spacial score (nSPS) is 11.2. The van der Waals surface area contributed by atoms with Crippen LogP contribution in [-0.4, -0.2) is 36.3 Å². The zero-order valence-electron chi connectivity index (χ0n) is 15.1. The number of hydrogen-bond donors (Lipinski definition) is 1. The van der Waals surface area contributed by atoms with Crippen molar-refractivity contribution in [2.75, 3.05) is 7.05 Å². The number of aryl methyl sites for hydroxylation is 1. The van der Waals surface area contributed by atoms with Gasteiger partial charge in [-0.2, -0.15) is 5.10 Å². The summed E-state index contributed by atoms with van der Waals surface area (Å²) in [5.74, 6) is 0. The molecule has 1 aromatic carbocycles. The standard InChI is InChI=1S/C18H17ClN4O4S/c1-12-7-8-14(10-21-12)28(25,26)17-9-13(11-27-18(24)20-2)22-23(17)16-6-4-3-5-15(16)19/h3-10H,11H2,1-2H3,(H,20,24). The monoisotopic (exact) mass is 420 g/mol. The van der Waals surface area contributed by atoms with E-state index < -0.39 is 15.9 Å². The first-order valence-corrected chi connectivity index (χ1v) is 10.0. The second-order valence-electron chi connectivity index (χ2n) is 5.80. The summed E-state index contributed by atoms with van der Waals surface area (Å²) in [6, 6.07) is 11.1. The van der Waals surface area contributed by atoms with Gasteiger partial charge in [0.2, 0.25) is 9.84 Å². The molecule has 0 unspecified atom stereocenters. The summed E-state index contributed by atoms with van der Waals surface area (Å²) in [4.78, 5) is 15.4. The van der Waals surface area contributed by atoms with E-state index in [2.05, 4.69) is 15.4 Å². The van der Waals surface area contributed by atoms with Gasteiger partial charge in [0.05, 0.1) is 15.6 Å². The van der Waals surface area contributed by atoms with Crippen LogP contribution < -0.4 is 5.32 Å². The third-order valence-corrected chi connectivity index (χ3v) is 5.86. The average Bonchev–Trinajstić information content (AvgIpc) is 3.11. The van der Waals surface area contributed by atoms with Gasteiger partial charge >= 0.3 is 6.09 Å². The first kappa shape index (κ1) is 19.8. The van der Waals surface area contributed by atoms with Gasteiger partial charge in [-0.15, -0.1) is 0 Å². The first-order valence-electron chi connectivity index (χ1n) is 8.19. The molecule has 1 amide bonds. The highest BCUT2D eigenvalue weighted by molar-refractivity contribution is 7.91. The molecule has 0 aliphatic rings. The molecular weight excluding hydrogens is 404 g/mol.